The van der Waals surface area contributed by atoms with Crippen LogP contribution >= 0.6 is 0 Å². The zero-order valence-corrected chi connectivity index (χ0v) is 14.8. The molecule has 0 fully saturated rings. The van der Waals surface area contributed by atoms with Gasteiger partial charge < -0.3 is 10.2 Å². The lowest BCUT2D eigenvalue weighted by Gasteiger charge is -2.14. The fraction of sp³-hybridized carbons (Fsp3) is 0.150. The summed E-state index contributed by atoms with van der Waals surface area (Å²) in [6.45, 7) is 0.689. The Kier molecular flexibility index (Phi) is 4.23. The van der Waals surface area contributed by atoms with Gasteiger partial charge in [0.1, 0.15) is 12.1 Å². The van der Waals surface area contributed by atoms with Gasteiger partial charge in [0.2, 0.25) is 0 Å². The predicted molar refractivity (Wildman–Crippen MR) is 104 cm³/mol. The van der Waals surface area contributed by atoms with Gasteiger partial charge in [0, 0.05) is 38.0 Å². The van der Waals surface area contributed by atoms with Crippen molar-refractivity contribution < 1.29 is 0 Å². The minimum Gasteiger partial charge on any atom is -0.378 e. The molecule has 4 rings (SSSR count). The molecule has 0 unspecified atom stereocenters. The van der Waals surface area contributed by atoms with Gasteiger partial charge in [-0.2, -0.15) is 14.6 Å². The number of aromatic nitrogens is 4. The number of anilines is 2. The first-order valence-electron chi connectivity index (χ1n) is 8.47. The number of hydrogen-bond donors (Lipinski definition) is 1. The smallest absolute Gasteiger partial charge is 0.254 e. The third kappa shape index (κ3) is 3.21. The molecule has 0 aliphatic rings. The normalized spacial score (nSPS) is 10.8. The van der Waals surface area contributed by atoms with Gasteiger partial charge in [-0.05, 0) is 17.7 Å². The lowest BCUT2D eigenvalue weighted by Crippen LogP contribution is -2.10. The Morgan fingerprint density at radius 2 is 1.85 bits per heavy atom. The van der Waals surface area contributed by atoms with Gasteiger partial charge >= 0.3 is 0 Å². The van der Waals surface area contributed by atoms with E-state index < -0.39 is 0 Å². The molecule has 0 atom stereocenters. The third-order valence-electron chi connectivity index (χ3n) is 4.22. The Labute approximate surface area is 152 Å². The summed E-state index contributed by atoms with van der Waals surface area (Å²) < 4.78 is 1.72. The van der Waals surface area contributed by atoms with Crippen LogP contribution in [0.3, 0.4) is 0 Å². The molecule has 0 amide bonds. The van der Waals surface area contributed by atoms with Crippen molar-refractivity contribution in [2.24, 2.45) is 0 Å². The molecule has 2 aromatic carbocycles. The molecule has 0 bridgehead atoms. The average molecular weight is 344 g/mol. The van der Waals surface area contributed by atoms with Crippen LogP contribution in [0.25, 0.3) is 17.0 Å². The molecular formula is C20H20N6. The molecule has 6 heteroatoms. The largest absolute Gasteiger partial charge is 0.378 e. The summed E-state index contributed by atoms with van der Waals surface area (Å²) in [6.07, 6.45) is 1.52. The van der Waals surface area contributed by atoms with Crippen LogP contribution in [0.5, 0.6) is 0 Å². The minimum atomic E-state index is 0.580. The van der Waals surface area contributed by atoms with Crippen molar-refractivity contribution in [2.75, 3.05) is 24.3 Å². The van der Waals surface area contributed by atoms with Gasteiger partial charge in [-0.25, -0.2) is 4.98 Å². The van der Waals surface area contributed by atoms with Gasteiger partial charge in [-0.15, -0.1) is 0 Å². The molecule has 0 saturated carbocycles. The van der Waals surface area contributed by atoms with Crippen LogP contribution in [0.2, 0.25) is 0 Å². The number of rotatable bonds is 5. The first kappa shape index (κ1) is 16.1. The van der Waals surface area contributed by atoms with E-state index in [1.54, 1.807) is 4.52 Å². The molecule has 4 aromatic rings. The Morgan fingerprint density at radius 3 is 2.65 bits per heavy atom. The number of fused-ring (bicyclic) bond motifs is 1. The Balaban J connectivity index is 1.66. The maximum absolute atomic E-state index is 4.60. The molecule has 0 aliphatic heterocycles. The van der Waals surface area contributed by atoms with Crippen molar-refractivity contribution in [1.82, 2.24) is 19.6 Å². The van der Waals surface area contributed by atoms with E-state index in [1.807, 2.05) is 50.5 Å². The molecule has 2 aromatic heterocycles. The molecule has 2 heterocycles. The van der Waals surface area contributed by atoms with Crippen molar-refractivity contribution in [2.45, 2.75) is 6.54 Å². The van der Waals surface area contributed by atoms with Crippen molar-refractivity contribution in [3.05, 3.63) is 72.6 Å². The molecule has 0 aliphatic carbocycles. The van der Waals surface area contributed by atoms with Gasteiger partial charge in [-0.1, -0.05) is 42.5 Å². The second-order valence-electron chi connectivity index (χ2n) is 6.28. The summed E-state index contributed by atoms with van der Waals surface area (Å²) in [5.74, 6) is 1.44. The second kappa shape index (κ2) is 6.84. The summed E-state index contributed by atoms with van der Waals surface area (Å²) in [5.41, 5.74) is 4.30. The number of benzene rings is 2. The SMILES string of the molecule is CN(C)c1cccc(CNc2cc(-c3ccccc3)nc3ncnn23)c1. The van der Waals surface area contributed by atoms with E-state index in [0.29, 0.717) is 12.3 Å². The van der Waals surface area contributed by atoms with Crippen LogP contribution in [0, 0.1) is 0 Å². The Bertz CT molecular complexity index is 1020. The molecule has 6 nitrogen and oxygen atoms in total. The highest BCUT2D eigenvalue weighted by molar-refractivity contribution is 5.65. The van der Waals surface area contributed by atoms with E-state index in [4.69, 9.17) is 0 Å². The number of nitrogens with zero attached hydrogens (tertiary/aromatic N) is 5. The monoisotopic (exact) mass is 344 g/mol. The maximum atomic E-state index is 4.60. The van der Waals surface area contributed by atoms with Crippen molar-refractivity contribution in [1.29, 1.82) is 0 Å². The van der Waals surface area contributed by atoms with Crippen LogP contribution in [0.1, 0.15) is 5.56 Å². The predicted octanol–water partition coefficient (Wildman–Crippen LogP) is 3.47. The average Bonchev–Trinajstić information content (AvgIpc) is 3.16. The summed E-state index contributed by atoms with van der Waals surface area (Å²) >= 11 is 0. The zero-order valence-electron chi connectivity index (χ0n) is 14.8. The summed E-state index contributed by atoms with van der Waals surface area (Å²) in [5, 5.41) is 7.75. The fourth-order valence-corrected chi connectivity index (χ4v) is 2.83. The van der Waals surface area contributed by atoms with E-state index in [-0.39, 0.29) is 0 Å². The van der Waals surface area contributed by atoms with E-state index in [0.717, 1.165) is 17.1 Å². The quantitative estimate of drug-likeness (QED) is 0.601. The number of hydrogen-bond acceptors (Lipinski definition) is 5. The Hall–Kier alpha value is -3.41. The summed E-state index contributed by atoms with van der Waals surface area (Å²) in [6, 6.07) is 20.5. The van der Waals surface area contributed by atoms with E-state index in [9.17, 15) is 0 Å². The van der Waals surface area contributed by atoms with Crippen LogP contribution in [0.4, 0.5) is 11.5 Å². The topological polar surface area (TPSA) is 58.3 Å². The first-order valence-corrected chi connectivity index (χ1v) is 8.47. The van der Waals surface area contributed by atoms with Gasteiger partial charge in [-0.3, -0.25) is 0 Å². The van der Waals surface area contributed by atoms with E-state index >= 15 is 0 Å². The molecule has 130 valence electrons. The van der Waals surface area contributed by atoms with E-state index in [2.05, 4.69) is 49.5 Å². The standard InChI is InChI=1S/C20H20N6/c1-25(2)17-10-6-7-15(11-17)13-21-19-12-18(16-8-4-3-5-9-16)24-20-22-14-23-26(19)20/h3-12,14,21H,13H2,1-2H3. The minimum absolute atomic E-state index is 0.580. The van der Waals surface area contributed by atoms with E-state index in [1.165, 1.54) is 17.6 Å². The second-order valence-corrected chi connectivity index (χ2v) is 6.28. The lowest BCUT2D eigenvalue weighted by molar-refractivity contribution is 0.926. The van der Waals surface area contributed by atoms with Gasteiger partial charge in [0.25, 0.3) is 5.78 Å². The number of nitrogens with one attached hydrogen (secondary N) is 1. The van der Waals surface area contributed by atoms with Gasteiger partial charge in [0.05, 0.1) is 5.69 Å². The molecule has 0 saturated heterocycles. The van der Waals surface area contributed by atoms with Crippen LogP contribution in [-0.2, 0) is 6.54 Å². The molecular weight excluding hydrogens is 324 g/mol. The maximum Gasteiger partial charge on any atom is 0.254 e. The highest BCUT2D eigenvalue weighted by Crippen LogP contribution is 2.22. The zero-order chi connectivity index (χ0) is 17.9. The van der Waals surface area contributed by atoms with Crippen molar-refractivity contribution >= 4 is 17.3 Å². The van der Waals surface area contributed by atoms with Crippen molar-refractivity contribution in [3.63, 3.8) is 0 Å². The Morgan fingerprint density at radius 1 is 1.00 bits per heavy atom. The summed E-state index contributed by atoms with van der Waals surface area (Å²) in [4.78, 5) is 10.9. The highest BCUT2D eigenvalue weighted by atomic mass is 15.3. The van der Waals surface area contributed by atoms with Gasteiger partial charge in [0.15, 0.2) is 0 Å². The highest BCUT2D eigenvalue weighted by Gasteiger charge is 2.09. The first-order chi connectivity index (χ1) is 12.7. The molecule has 1 N–H and O–H groups in total. The van der Waals surface area contributed by atoms with Crippen molar-refractivity contribution in [3.8, 4) is 11.3 Å². The molecule has 26 heavy (non-hydrogen) atoms. The van der Waals surface area contributed by atoms with Crippen LogP contribution in [-0.4, -0.2) is 33.7 Å². The molecule has 0 radical (unpaired) electrons. The summed E-state index contributed by atoms with van der Waals surface area (Å²) in [7, 11) is 4.08. The third-order valence-corrected chi connectivity index (χ3v) is 4.22. The van der Waals surface area contributed by atoms with Crippen LogP contribution < -0.4 is 10.2 Å². The fourth-order valence-electron chi connectivity index (χ4n) is 2.83. The molecule has 0 spiro atoms. The lowest BCUT2D eigenvalue weighted by atomic mass is 10.1. The van der Waals surface area contributed by atoms with Crippen LogP contribution in [0.15, 0.2) is 67.0 Å².